The molecule has 1 aromatic heterocycles. The zero-order valence-corrected chi connectivity index (χ0v) is 46.5. The number of imide groups is 1. The summed E-state index contributed by atoms with van der Waals surface area (Å²) in [4.78, 5) is 47.1. The molecule has 8 nitrogen and oxygen atoms in total. The Morgan fingerprint density at radius 1 is 0.583 bits per heavy atom. The molecule has 0 N–H and O–H groups in total. The highest BCUT2D eigenvalue weighted by molar-refractivity contribution is 6.64. The molecule has 1 atom stereocenters. The van der Waals surface area contributed by atoms with Crippen LogP contribution < -0.4 is 14.5 Å². The van der Waals surface area contributed by atoms with Crippen LogP contribution in [-0.4, -0.2) is 34.0 Å². The van der Waals surface area contributed by atoms with Gasteiger partial charge in [0.15, 0.2) is 0 Å². The number of nitrogens with zero attached hydrogens (tertiary/aromatic N) is 4. The first kappa shape index (κ1) is 51.0. The van der Waals surface area contributed by atoms with Gasteiger partial charge in [0.2, 0.25) is 0 Å². The summed E-state index contributed by atoms with van der Waals surface area (Å²) in [6, 6.07) is 68.4. The Balaban J connectivity index is 0.642. The van der Waals surface area contributed by atoms with Crippen LogP contribution in [0.4, 0.5) is 31.4 Å². The number of amides is 2. The van der Waals surface area contributed by atoms with E-state index in [2.05, 4.69) is 65.6 Å². The zero-order valence-electron chi connectivity index (χ0n) is 46.5. The number of esters is 1. The summed E-state index contributed by atoms with van der Waals surface area (Å²) in [7, 11) is 0. The molecule has 0 saturated heterocycles. The average Bonchev–Trinajstić information content (AvgIpc) is 1.82. The fourth-order valence-electron chi connectivity index (χ4n) is 14.3. The van der Waals surface area contributed by atoms with E-state index >= 15 is 8.63 Å². The van der Waals surface area contributed by atoms with Crippen molar-refractivity contribution < 1.29 is 27.8 Å². The van der Waals surface area contributed by atoms with E-state index < -0.39 is 19.0 Å². The fourth-order valence-corrected chi connectivity index (χ4v) is 14.3. The lowest BCUT2D eigenvalue weighted by Gasteiger charge is -2.51. The van der Waals surface area contributed by atoms with Gasteiger partial charge in [0.1, 0.15) is 5.75 Å². The number of rotatable bonds is 11. The van der Waals surface area contributed by atoms with E-state index in [0.717, 1.165) is 108 Å². The van der Waals surface area contributed by atoms with Crippen LogP contribution in [0.15, 0.2) is 229 Å². The van der Waals surface area contributed by atoms with Crippen molar-refractivity contribution in [2.24, 2.45) is 0 Å². The molecule has 2 amide bonds. The minimum atomic E-state index is -4.31. The maximum Gasteiger partial charge on any atom is 0.530 e. The Morgan fingerprint density at radius 2 is 1.19 bits per heavy atom. The first-order valence-electron chi connectivity index (χ1n) is 29.0. The molecule has 0 fully saturated rings. The van der Waals surface area contributed by atoms with Crippen LogP contribution >= 0.6 is 0 Å². The Morgan fingerprint density at radius 3 is 1.92 bits per heavy atom. The second-order valence-electron chi connectivity index (χ2n) is 22.7. The van der Waals surface area contributed by atoms with Crippen molar-refractivity contribution in [3.8, 4) is 28.1 Å². The van der Waals surface area contributed by atoms with Gasteiger partial charge < -0.3 is 27.6 Å². The first-order chi connectivity index (χ1) is 41.0. The minimum Gasteiger partial charge on any atom is -0.460 e. The van der Waals surface area contributed by atoms with Crippen molar-refractivity contribution in [2.45, 2.75) is 64.8 Å². The van der Waals surface area contributed by atoms with E-state index in [1.165, 1.54) is 14.2 Å². The van der Waals surface area contributed by atoms with Gasteiger partial charge in [0.25, 0.3) is 11.8 Å². The zero-order chi connectivity index (χ0) is 57.0. The number of carbonyl (C=O) groups is 3. The highest BCUT2D eigenvalue weighted by Gasteiger charge is 2.54. The van der Waals surface area contributed by atoms with Crippen molar-refractivity contribution in [1.82, 2.24) is 9.29 Å². The SMILES string of the molecule is CC1=C2CCc3ccccc3C2N2C1=C(c1ccc(OC(=O)CCCc3ccc(N4C(=O)c5cccc6c(-c7ccc(N(c8ccccc8)c8ccccc8)cc7)ccc(c56)C4=O)cc3)cc1)c1c(C)c3c(n1[B-]2(F)F)-c1ccccc1CC3. The molecule has 410 valence electrons. The van der Waals surface area contributed by atoms with Crippen molar-refractivity contribution in [2.75, 3.05) is 9.80 Å². The molecule has 15 rings (SSSR count). The van der Waals surface area contributed by atoms with E-state index in [-0.39, 0.29) is 18.2 Å². The number of allylic oxidation sites excluding steroid dienone is 1. The molecule has 1 unspecified atom stereocenters. The van der Waals surface area contributed by atoms with E-state index in [1.807, 2.05) is 135 Å². The van der Waals surface area contributed by atoms with Crippen molar-refractivity contribution in [3.63, 3.8) is 0 Å². The standard InChI is InChI=1S/C73H56BF2N4O4/c1-45-57-41-33-48-16-9-11-22-60(48)70(57)79-68(45)66(69-46(2)58-42-34-49-17-10-12-23-61(49)71(58)80(69)74(79,75)76)51-31-39-56(40-32-51)84-65(81)26-13-15-47-27-35-55(36-28-47)78-72(82)63-25-14-24-62-59(43-44-64(67(62)63)73(78)83)50-29-37-54(38-30-50)77(52-18-5-3-6-19-52)53-20-7-4-8-21-53/h3-12,14,16-25,27-32,35-40,43-44,70H,13,15,26,33-34,41-42H2,1-2H3/q-1. The third kappa shape index (κ3) is 8.04. The number of ether oxygens (including phenoxy) is 1. The minimum absolute atomic E-state index is 0.149. The number of anilines is 4. The van der Waals surface area contributed by atoms with Crippen molar-refractivity contribution >= 4 is 63.8 Å². The Hall–Kier alpha value is -9.87. The molecule has 10 aromatic rings. The molecule has 5 aliphatic rings. The van der Waals surface area contributed by atoms with E-state index in [0.29, 0.717) is 70.7 Å². The highest BCUT2D eigenvalue weighted by atomic mass is 19.2. The third-order valence-corrected chi connectivity index (χ3v) is 18.1. The molecule has 0 saturated carbocycles. The molecule has 4 heterocycles. The molecule has 3 aliphatic heterocycles. The lowest BCUT2D eigenvalue weighted by atomic mass is 9.78. The Kier molecular flexibility index (Phi) is 12.1. The molecule has 84 heavy (non-hydrogen) atoms. The maximum absolute atomic E-state index is 18.1. The number of para-hydroxylation sites is 2. The quantitative estimate of drug-likeness (QED) is 0.0556. The van der Waals surface area contributed by atoms with E-state index in [9.17, 15) is 14.4 Å². The van der Waals surface area contributed by atoms with E-state index in [1.54, 1.807) is 30.3 Å². The van der Waals surface area contributed by atoms with Crippen LogP contribution in [0, 0.1) is 6.92 Å². The maximum atomic E-state index is 18.1. The van der Waals surface area contributed by atoms with Gasteiger partial charge in [-0.2, -0.15) is 0 Å². The Bertz CT molecular complexity index is 4380. The lowest BCUT2D eigenvalue weighted by Crippen LogP contribution is -2.56. The van der Waals surface area contributed by atoms with Gasteiger partial charge in [-0.15, -0.1) is 0 Å². The van der Waals surface area contributed by atoms with Gasteiger partial charge in [0.05, 0.1) is 5.69 Å². The Labute approximate surface area is 486 Å². The number of fused-ring (bicyclic) bond motifs is 10. The smallest absolute Gasteiger partial charge is 0.460 e. The monoisotopic (exact) mass is 1100 g/mol. The molecule has 0 bridgehead atoms. The van der Waals surface area contributed by atoms with Crippen LogP contribution in [0.3, 0.4) is 0 Å². The van der Waals surface area contributed by atoms with Crippen LogP contribution in [0.25, 0.3) is 38.7 Å². The highest BCUT2D eigenvalue weighted by Crippen LogP contribution is 2.59. The molecule has 2 aliphatic carbocycles. The van der Waals surface area contributed by atoms with Crippen LogP contribution in [0.5, 0.6) is 5.75 Å². The van der Waals surface area contributed by atoms with Gasteiger partial charge in [-0.1, -0.05) is 140 Å². The van der Waals surface area contributed by atoms with Gasteiger partial charge in [-0.25, -0.2) is 4.90 Å². The van der Waals surface area contributed by atoms with Gasteiger partial charge in [-0.3, -0.25) is 14.4 Å². The molecule has 0 spiro atoms. The van der Waals surface area contributed by atoms with Crippen LogP contribution in [0.1, 0.15) is 97.6 Å². The number of hydrogen-bond acceptors (Lipinski definition) is 6. The van der Waals surface area contributed by atoms with Gasteiger partial charge >= 0.3 is 12.9 Å². The number of aromatic nitrogens is 1. The fraction of sp³-hybridized carbons (Fsp3) is 0.137. The van der Waals surface area contributed by atoms with Crippen molar-refractivity contribution in [3.05, 3.63) is 285 Å². The third-order valence-electron chi connectivity index (χ3n) is 18.1. The molecule has 9 aromatic carbocycles. The summed E-state index contributed by atoms with van der Waals surface area (Å²) in [6.45, 7) is -0.292. The predicted molar refractivity (Wildman–Crippen MR) is 330 cm³/mol. The summed E-state index contributed by atoms with van der Waals surface area (Å²) in [6.07, 6.45) is 4.19. The number of benzene rings is 9. The van der Waals surface area contributed by atoms with Gasteiger partial charge in [0, 0.05) is 68.7 Å². The van der Waals surface area contributed by atoms with Crippen LogP contribution in [-0.2, 0) is 30.5 Å². The molecular formula is C73H56BF2N4O4-. The van der Waals surface area contributed by atoms with E-state index in [4.69, 9.17) is 4.74 Å². The normalized spacial score (nSPS) is 16.2. The summed E-state index contributed by atoms with van der Waals surface area (Å²) in [5.74, 6) is -0.794. The largest absolute Gasteiger partial charge is 0.530 e. The van der Waals surface area contributed by atoms with Crippen LogP contribution in [0.2, 0.25) is 0 Å². The second-order valence-corrected chi connectivity index (χ2v) is 22.7. The summed E-state index contributed by atoms with van der Waals surface area (Å²) in [5.41, 5.74) is 18.4. The number of hydrogen-bond donors (Lipinski definition) is 0. The number of halogens is 2. The lowest BCUT2D eigenvalue weighted by molar-refractivity contribution is -0.134. The van der Waals surface area contributed by atoms with Crippen molar-refractivity contribution in [1.29, 1.82) is 0 Å². The summed E-state index contributed by atoms with van der Waals surface area (Å²) < 4.78 is 43.6. The molecule has 11 heteroatoms. The predicted octanol–water partition coefficient (Wildman–Crippen LogP) is 16.9. The van der Waals surface area contributed by atoms with Gasteiger partial charge in [-0.05, 0) is 197 Å². The molecule has 0 radical (unpaired) electrons. The topological polar surface area (TPSA) is 75.1 Å². The number of carbonyl (C=O) groups excluding carboxylic acids is 3. The second kappa shape index (κ2) is 19.9. The summed E-state index contributed by atoms with van der Waals surface area (Å²) >= 11 is 0. The summed E-state index contributed by atoms with van der Waals surface area (Å²) in [5, 5.41) is 1.47. The first-order valence-corrected chi connectivity index (χ1v) is 29.0. The number of aryl methyl sites for hydroxylation is 3. The average molecular weight is 1100 g/mol. The molecular weight excluding hydrogens is 1050 g/mol.